The van der Waals surface area contributed by atoms with Crippen LogP contribution in [0.1, 0.15) is 0 Å². The van der Waals surface area contributed by atoms with Crippen LogP contribution < -0.4 is 11.4 Å². The Morgan fingerprint density at radius 2 is 1.93 bits per heavy atom. The summed E-state index contributed by atoms with van der Waals surface area (Å²) in [6.07, 6.45) is 0. The molecule has 1 heterocycles. The van der Waals surface area contributed by atoms with Crippen molar-refractivity contribution in [3.8, 4) is 11.3 Å². The van der Waals surface area contributed by atoms with Crippen molar-refractivity contribution >= 4 is 12.2 Å². The molecule has 2 rings (SSSR count). The predicted molar refractivity (Wildman–Crippen MR) is 61.5 cm³/mol. The van der Waals surface area contributed by atoms with Crippen molar-refractivity contribution in [2.45, 2.75) is 0 Å². The van der Waals surface area contributed by atoms with E-state index in [0.29, 0.717) is 5.69 Å². The monoisotopic (exact) mass is 219 g/mol. The normalized spacial score (nSPS) is 10.1. The number of nitrogens with two attached hydrogens (primary N) is 1. The molecule has 0 radical (unpaired) electrons. The van der Waals surface area contributed by atoms with Gasteiger partial charge in [0.15, 0.2) is 4.77 Å². The Labute approximate surface area is 91.0 Å². The molecule has 0 aliphatic heterocycles. The van der Waals surface area contributed by atoms with E-state index in [1.54, 1.807) is 0 Å². The van der Waals surface area contributed by atoms with Crippen molar-refractivity contribution in [1.82, 2.24) is 9.66 Å². The molecule has 76 valence electrons. The maximum absolute atomic E-state index is 11.4. The van der Waals surface area contributed by atoms with E-state index >= 15 is 0 Å². The molecule has 1 aromatic heterocycles. The van der Waals surface area contributed by atoms with Crippen molar-refractivity contribution in [2.75, 3.05) is 5.84 Å². The average molecular weight is 219 g/mol. The van der Waals surface area contributed by atoms with Crippen LogP contribution in [0.25, 0.3) is 11.3 Å². The van der Waals surface area contributed by atoms with Crippen LogP contribution >= 0.6 is 12.2 Å². The van der Waals surface area contributed by atoms with Gasteiger partial charge >= 0.3 is 0 Å². The SMILES string of the molecule is Nn1c(=O)cc(-c2ccccc2)[nH]c1=S. The van der Waals surface area contributed by atoms with E-state index in [4.69, 9.17) is 18.1 Å². The van der Waals surface area contributed by atoms with E-state index in [2.05, 4.69) is 4.98 Å². The number of hydrogen-bond donors (Lipinski definition) is 2. The van der Waals surface area contributed by atoms with Gasteiger partial charge in [0.2, 0.25) is 0 Å². The molecule has 1 aromatic carbocycles. The first-order chi connectivity index (χ1) is 7.18. The molecular formula is C10H9N3OS. The van der Waals surface area contributed by atoms with Crippen molar-refractivity contribution in [2.24, 2.45) is 0 Å². The Morgan fingerprint density at radius 1 is 1.27 bits per heavy atom. The number of hydrogen-bond acceptors (Lipinski definition) is 3. The second-order valence-corrected chi connectivity index (χ2v) is 3.45. The molecule has 2 aromatic rings. The van der Waals surface area contributed by atoms with Crippen LogP contribution in [0.4, 0.5) is 0 Å². The van der Waals surface area contributed by atoms with Gasteiger partial charge in [0.05, 0.1) is 5.69 Å². The molecule has 0 fully saturated rings. The predicted octanol–water partition coefficient (Wildman–Crippen LogP) is 1.29. The first-order valence-corrected chi connectivity index (χ1v) is 4.76. The van der Waals surface area contributed by atoms with Gasteiger partial charge in [0.1, 0.15) is 0 Å². The first-order valence-electron chi connectivity index (χ1n) is 4.35. The molecule has 0 atom stereocenters. The lowest BCUT2D eigenvalue weighted by Crippen LogP contribution is -2.28. The molecule has 0 bridgehead atoms. The Hall–Kier alpha value is -1.88. The summed E-state index contributed by atoms with van der Waals surface area (Å²) in [5.74, 6) is 5.40. The summed E-state index contributed by atoms with van der Waals surface area (Å²) in [4.78, 5) is 14.3. The lowest BCUT2D eigenvalue weighted by atomic mass is 10.1. The summed E-state index contributed by atoms with van der Waals surface area (Å²) in [6.45, 7) is 0. The van der Waals surface area contributed by atoms with Gasteiger partial charge in [-0.1, -0.05) is 30.3 Å². The minimum absolute atomic E-state index is 0.210. The lowest BCUT2D eigenvalue weighted by Gasteiger charge is -2.03. The van der Waals surface area contributed by atoms with Crippen LogP contribution in [0.3, 0.4) is 0 Å². The van der Waals surface area contributed by atoms with E-state index < -0.39 is 0 Å². The molecule has 0 amide bonds. The van der Waals surface area contributed by atoms with Crippen LogP contribution in [0.2, 0.25) is 0 Å². The van der Waals surface area contributed by atoms with Gasteiger partial charge in [-0.25, -0.2) is 0 Å². The van der Waals surface area contributed by atoms with Gasteiger partial charge in [-0.2, -0.15) is 4.68 Å². The zero-order chi connectivity index (χ0) is 10.8. The third-order valence-corrected chi connectivity index (χ3v) is 2.35. The molecule has 3 N–H and O–H groups in total. The second-order valence-electron chi connectivity index (χ2n) is 3.06. The highest BCUT2D eigenvalue weighted by Gasteiger charge is 2.00. The number of aromatic nitrogens is 2. The molecule has 0 aliphatic carbocycles. The third-order valence-electron chi connectivity index (χ3n) is 2.05. The van der Waals surface area contributed by atoms with Crippen molar-refractivity contribution in [3.05, 3.63) is 51.5 Å². The van der Waals surface area contributed by atoms with Gasteiger partial charge in [0, 0.05) is 6.07 Å². The topological polar surface area (TPSA) is 63.8 Å². The fourth-order valence-corrected chi connectivity index (χ4v) is 1.48. The van der Waals surface area contributed by atoms with Crippen LogP contribution in [0.5, 0.6) is 0 Å². The van der Waals surface area contributed by atoms with E-state index in [9.17, 15) is 4.79 Å². The molecule has 0 unspecified atom stereocenters. The fourth-order valence-electron chi connectivity index (χ4n) is 1.28. The number of H-pyrrole nitrogens is 1. The summed E-state index contributed by atoms with van der Waals surface area (Å²) in [5.41, 5.74) is 1.26. The largest absolute Gasteiger partial charge is 0.334 e. The number of aromatic amines is 1. The van der Waals surface area contributed by atoms with Gasteiger partial charge in [-0.05, 0) is 17.8 Å². The van der Waals surface area contributed by atoms with E-state index in [1.165, 1.54) is 6.07 Å². The molecule has 5 heteroatoms. The highest BCUT2D eigenvalue weighted by Crippen LogP contribution is 2.13. The number of rotatable bonds is 1. The molecule has 4 nitrogen and oxygen atoms in total. The molecular weight excluding hydrogens is 210 g/mol. The molecule has 0 aliphatic rings. The summed E-state index contributed by atoms with van der Waals surface area (Å²) in [6, 6.07) is 10.9. The quantitative estimate of drug-likeness (QED) is 0.561. The van der Waals surface area contributed by atoms with Gasteiger partial charge in [0.25, 0.3) is 5.56 Å². The molecule has 0 spiro atoms. The smallest absolute Gasteiger partial charge is 0.273 e. The number of nitrogen functional groups attached to an aromatic ring is 1. The van der Waals surface area contributed by atoms with Gasteiger partial charge < -0.3 is 10.8 Å². The number of benzene rings is 1. The highest BCUT2D eigenvalue weighted by atomic mass is 32.1. The van der Waals surface area contributed by atoms with Gasteiger partial charge in [-0.15, -0.1) is 0 Å². The molecule has 15 heavy (non-hydrogen) atoms. The molecule has 0 saturated carbocycles. The second kappa shape index (κ2) is 3.70. The first kappa shape index (κ1) is 9.67. The highest BCUT2D eigenvalue weighted by molar-refractivity contribution is 7.71. The molecule has 0 saturated heterocycles. The Morgan fingerprint density at radius 3 is 2.53 bits per heavy atom. The van der Waals surface area contributed by atoms with E-state index in [-0.39, 0.29) is 10.3 Å². The third kappa shape index (κ3) is 1.82. The minimum Gasteiger partial charge on any atom is -0.334 e. The van der Waals surface area contributed by atoms with E-state index in [1.807, 2.05) is 30.3 Å². The van der Waals surface area contributed by atoms with Crippen LogP contribution in [-0.2, 0) is 0 Å². The fraction of sp³-hybridized carbons (Fsp3) is 0. The van der Waals surface area contributed by atoms with Gasteiger partial charge in [-0.3, -0.25) is 4.79 Å². The lowest BCUT2D eigenvalue weighted by molar-refractivity contribution is 0.872. The van der Waals surface area contributed by atoms with Crippen molar-refractivity contribution in [1.29, 1.82) is 0 Å². The summed E-state index contributed by atoms with van der Waals surface area (Å²) >= 11 is 4.91. The maximum atomic E-state index is 11.4. The van der Waals surface area contributed by atoms with E-state index in [0.717, 1.165) is 10.2 Å². The standard InChI is InChI=1S/C10H9N3OS/c11-13-9(14)6-8(12-10(13)15)7-4-2-1-3-5-7/h1-6H,11H2,(H,12,15). The minimum atomic E-state index is -0.322. The van der Waals surface area contributed by atoms with Crippen molar-refractivity contribution < 1.29 is 0 Å². The van der Waals surface area contributed by atoms with Crippen LogP contribution in [0.15, 0.2) is 41.2 Å². The summed E-state index contributed by atoms with van der Waals surface area (Å²) in [5, 5.41) is 0. The summed E-state index contributed by atoms with van der Waals surface area (Å²) in [7, 11) is 0. The summed E-state index contributed by atoms with van der Waals surface area (Å²) < 4.78 is 1.11. The Kier molecular flexibility index (Phi) is 2.39. The zero-order valence-corrected chi connectivity index (χ0v) is 8.62. The van der Waals surface area contributed by atoms with Crippen LogP contribution in [0, 0.1) is 4.77 Å². The Balaban J connectivity index is 2.67. The van der Waals surface area contributed by atoms with Crippen molar-refractivity contribution in [3.63, 3.8) is 0 Å². The average Bonchev–Trinajstić information content (AvgIpc) is 2.26. The Bertz CT molecular complexity index is 554. The van der Waals surface area contributed by atoms with Crippen LogP contribution in [-0.4, -0.2) is 9.66 Å². The number of nitrogens with one attached hydrogen (secondary N) is 1. The maximum Gasteiger partial charge on any atom is 0.273 e. The number of nitrogens with zero attached hydrogens (tertiary/aromatic N) is 1. The zero-order valence-electron chi connectivity index (χ0n) is 7.81.